The monoisotopic (exact) mass is 514 g/mol. The molecule has 0 spiro atoms. The Balaban J connectivity index is 0.00000512. The average Bonchev–Trinajstić information content (AvgIpc) is 2.69. The standard InChI is InChI=1S/C21H30N2O6S2.2Na/c1-3-22(13-15-30(24,25)26)20-9-5-18(6-10-20)17-19-7-11-21(12-8-19)23(4-2)14-16-31(27,28)29;;/h5-12H,3-4,13-17H2,1-2H3,(H,24,25,26)(H,27,28,29);;/q;2*+1/p-2. The molecule has 0 N–H and O–H groups in total. The van der Waals surface area contributed by atoms with E-state index in [4.69, 9.17) is 0 Å². The molecule has 8 nitrogen and oxygen atoms in total. The van der Waals surface area contributed by atoms with Crippen molar-refractivity contribution in [3.05, 3.63) is 59.7 Å². The van der Waals surface area contributed by atoms with Crippen molar-refractivity contribution in [3.8, 4) is 0 Å². The van der Waals surface area contributed by atoms with Gasteiger partial charge in [-0.3, -0.25) is 0 Å². The van der Waals surface area contributed by atoms with Gasteiger partial charge >= 0.3 is 59.1 Å². The summed E-state index contributed by atoms with van der Waals surface area (Å²) in [5.41, 5.74) is 3.87. The van der Waals surface area contributed by atoms with Gasteiger partial charge in [-0.25, -0.2) is 16.8 Å². The van der Waals surface area contributed by atoms with Crippen LogP contribution in [-0.2, 0) is 26.7 Å². The quantitative estimate of drug-likeness (QED) is 0.208. The average molecular weight is 515 g/mol. The number of hydrogen-bond donors (Lipinski definition) is 0. The van der Waals surface area contributed by atoms with Gasteiger partial charge in [0, 0.05) is 37.6 Å². The Kier molecular flexibility index (Phi) is 15.0. The molecular formula is C21H28N2Na2O6S2. The van der Waals surface area contributed by atoms with Crippen LogP contribution in [0, 0.1) is 0 Å². The maximum Gasteiger partial charge on any atom is 1.00 e. The molecule has 0 heterocycles. The van der Waals surface area contributed by atoms with Gasteiger partial charge in [-0.2, -0.15) is 0 Å². The van der Waals surface area contributed by atoms with Crippen LogP contribution in [0.1, 0.15) is 25.0 Å². The minimum absolute atomic E-state index is 0. The molecule has 0 unspecified atom stereocenters. The van der Waals surface area contributed by atoms with E-state index in [-0.39, 0.29) is 72.2 Å². The van der Waals surface area contributed by atoms with Crippen molar-refractivity contribution in [1.29, 1.82) is 0 Å². The van der Waals surface area contributed by atoms with Crippen molar-refractivity contribution < 1.29 is 85.1 Å². The molecule has 0 aliphatic heterocycles. The zero-order valence-corrected chi connectivity index (χ0v) is 25.4. The summed E-state index contributed by atoms with van der Waals surface area (Å²) in [5, 5.41) is 0. The van der Waals surface area contributed by atoms with Crippen LogP contribution in [0.5, 0.6) is 0 Å². The molecule has 0 radical (unpaired) electrons. The Morgan fingerprint density at radius 1 is 0.636 bits per heavy atom. The number of benzene rings is 2. The van der Waals surface area contributed by atoms with Crippen LogP contribution < -0.4 is 68.9 Å². The van der Waals surface area contributed by atoms with Crippen molar-refractivity contribution in [2.45, 2.75) is 20.3 Å². The second kappa shape index (κ2) is 15.1. The molecule has 2 aromatic carbocycles. The van der Waals surface area contributed by atoms with Gasteiger partial charge in [-0.1, -0.05) is 24.3 Å². The molecule has 0 bridgehead atoms. The van der Waals surface area contributed by atoms with Gasteiger partial charge < -0.3 is 18.9 Å². The van der Waals surface area contributed by atoms with E-state index in [1.807, 2.05) is 72.2 Å². The molecule has 172 valence electrons. The Morgan fingerprint density at radius 3 is 1.18 bits per heavy atom. The fourth-order valence-corrected chi connectivity index (χ4v) is 4.16. The number of anilines is 2. The van der Waals surface area contributed by atoms with Crippen molar-refractivity contribution in [2.24, 2.45) is 0 Å². The Hall–Kier alpha value is -0.140. The number of nitrogens with zero attached hydrogens (tertiary/aromatic N) is 2. The molecule has 33 heavy (non-hydrogen) atoms. The van der Waals surface area contributed by atoms with E-state index in [2.05, 4.69) is 0 Å². The Morgan fingerprint density at radius 2 is 0.939 bits per heavy atom. The number of hydrogen-bond acceptors (Lipinski definition) is 8. The molecule has 0 aliphatic carbocycles. The normalized spacial score (nSPS) is 11.3. The summed E-state index contributed by atoms with van der Waals surface area (Å²) in [7, 11) is -8.50. The summed E-state index contributed by atoms with van der Waals surface area (Å²) in [6.45, 7) is 5.31. The molecule has 2 rings (SSSR count). The van der Waals surface area contributed by atoms with Crippen molar-refractivity contribution in [1.82, 2.24) is 0 Å². The van der Waals surface area contributed by atoms with Crippen LogP contribution >= 0.6 is 0 Å². The van der Waals surface area contributed by atoms with Crippen LogP contribution in [0.3, 0.4) is 0 Å². The third kappa shape index (κ3) is 12.4. The minimum Gasteiger partial charge on any atom is -0.748 e. The smallest absolute Gasteiger partial charge is 0.748 e. The third-order valence-corrected chi connectivity index (χ3v) is 6.36. The van der Waals surface area contributed by atoms with E-state index in [1.54, 1.807) is 0 Å². The topological polar surface area (TPSA) is 121 Å². The first-order valence-corrected chi connectivity index (χ1v) is 13.2. The van der Waals surface area contributed by atoms with Gasteiger partial charge in [0.25, 0.3) is 0 Å². The van der Waals surface area contributed by atoms with Crippen molar-refractivity contribution >= 4 is 31.6 Å². The Labute approximate surface area is 241 Å². The van der Waals surface area contributed by atoms with E-state index < -0.39 is 31.7 Å². The van der Waals surface area contributed by atoms with Crippen molar-refractivity contribution in [3.63, 3.8) is 0 Å². The van der Waals surface area contributed by atoms with Gasteiger partial charge in [-0.05, 0) is 55.7 Å². The molecule has 0 atom stereocenters. The predicted molar refractivity (Wildman–Crippen MR) is 121 cm³/mol. The van der Waals surface area contributed by atoms with Gasteiger partial charge in [0.05, 0.1) is 31.7 Å². The molecular weight excluding hydrogens is 486 g/mol. The van der Waals surface area contributed by atoms with Crippen molar-refractivity contribution in [2.75, 3.05) is 47.5 Å². The van der Waals surface area contributed by atoms with Crippen LogP contribution in [0.15, 0.2) is 48.5 Å². The summed E-state index contributed by atoms with van der Waals surface area (Å²) in [6.07, 6.45) is 0.697. The van der Waals surface area contributed by atoms with E-state index >= 15 is 0 Å². The SMILES string of the molecule is CCN(CCS(=O)(=O)[O-])c1ccc(Cc2ccc(N(CC)CCS(=O)(=O)[O-])cc2)cc1.[Na+].[Na+]. The first-order valence-electron chi connectivity index (χ1n) is 10.1. The predicted octanol–water partition coefficient (Wildman–Crippen LogP) is -3.97. The van der Waals surface area contributed by atoms with Gasteiger partial charge in [0.1, 0.15) is 0 Å². The second-order valence-electron chi connectivity index (χ2n) is 7.19. The fraction of sp³-hybridized carbons (Fsp3) is 0.429. The first-order chi connectivity index (χ1) is 14.5. The molecule has 0 saturated carbocycles. The van der Waals surface area contributed by atoms with E-state index in [0.717, 1.165) is 22.5 Å². The molecule has 0 saturated heterocycles. The summed E-state index contributed by atoms with van der Waals surface area (Å²) in [5.74, 6) is -0.852. The van der Waals surface area contributed by atoms with E-state index in [9.17, 15) is 25.9 Å². The van der Waals surface area contributed by atoms with Crippen LogP contribution in [0.25, 0.3) is 0 Å². The minimum atomic E-state index is -4.25. The van der Waals surface area contributed by atoms with Gasteiger partial charge in [-0.15, -0.1) is 0 Å². The van der Waals surface area contributed by atoms with E-state index in [1.165, 1.54) is 0 Å². The molecule has 0 fully saturated rings. The fourth-order valence-electron chi connectivity index (χ4n) is 3.27. The molecule has 0 amide bonds. The molecule has 12 heteroatoms. The van der Waals surface area contributed by atoms with Crippen LogP contribution in [0.2, 0.25) is 0 Å². The first kappa shape index (κ1) is 32.9. The zero-order chi connectivity index (χ0) is 23.1. The summed E-state index contributed by atoms with van der Waals surface area (Å²) in [6, 6.07) is 15.5. The number of rotatable bonds is 12. The molecule has 0 aromatic heterocycles. The van der Waals surface area contributed by atoms with Gasteiger partial charge in [0.15, 0.2) is 0 Å². The Bertz CT molecular complexity index is 962. The summed E-state index contributed by atoms with van der Waals surface area (Å²) < 4.78 is 65.3. The largest absolute Gasteiger partial charge is 1.00 e. The van der Waals surface area contributed by atoms with Crippen LogP contribution in [0.4, 0.5) is 11.4 Å². The summed E-state index contributed by atoms with van der Waals surface area (Å²) in [4.78, 5) is 3.69. The molecule has 2 aromatic rings. The second-order valence-corrected chi connectivity index (χ2v) is 10.2. The zero-order valence-electron chi connectivity index (χ0n) is 19.7. The third-order valence-electron chi connectivity index (χ3n) is 5.00. The maximum absolute atomic E-state index is 10.9. The maximum atomic E-state index is 10.9. The van der Waals surface area contributed by atoms with Gasteiger partial charge in [0.2, 0.25) is 0 Å². The molecule has 0 aliphatic rings. The van der Waals surface area contributed by atoms with E-state index in [0.29, 0.717) is 19.5 Å². The summed E-state index contributed by atoms with van der Waals surface area (Å²) >= 11 is 0. The van der Waals surface area contributed by atoms with Crippen LogP contribution in [-0.4, -0.2) is 63.6 Å².